The molecule has 1 N–H and O–H groups in total. The van der Waals surface area contributed by atoms with Crippen molar-refractivity contribution in [2.75, 3.05) is 10.5 Å². The predicted molar refractivity (Wildman–Crippen MR) is 71.4 cm³/mol. The lowest BCUT2D eigenvalue weighted by Crippen LogP contribution is -2.20. The first-order chi connectivity index (χ1) is 7.30. The van der Waals surface area contributed by atoms with Crippen molar-refractivity contribution in [1.29, 1.82) is 0 Å². The van der Waals surface area contributed by atoms with E-state index in [-0.39, 0.29) is 11.7 Å². The molecule has 0 aliphatic carbocycles. The maximum Gasteiger partial charge on any atom is 0.233 e. The van der Waals surface area contributed by atoms with Crippen molar-refractivity contribution in [3.63, 3.8) is 0 Å². The zero-order valence-corrected chi connectivity index (χ0v) is 12.2. The lowest BCUT2D eigenvalue weighted by atomic mass is 10.3. The second-order valence-electron chi connectivity index (χ2n) is 3.90. The standard InChI is InChI=1S/C10H13BrClNO2S/c1-7(2)6-16(14,15)13-10-5-8(11)3-4-9(10)12/h3-5,7,13H,6H2,1-2H3. The Hall–Kier alpha value is -0.260. The summed E-state index contributed by atoms with van der Waals surface area (Å²) in [6.07, 6.45) is 0. The van der Waals surface area contributed by atoms with Crippen LogP contribution in [0.5, 0.6) is 0 Å². The van der Waals surface area contributed by atoms with E-state index in [1.54, 1.807) is 18.2 Å². The minimum Gasteiger partial charge on any atom is -0.282 e. The van der Waals surface area contributed by atoms with Gasteiger partial charge in [0.05, 0.1) is 16.5 Å². The zero-order valence-electron chi connectivity index (χ0n) is 9.00. The summed E-state index contributed by atoms with van der Waals surface area (Å²) in [4.78, 5) is 0. The van der Waals surface area contributed by atoms with Gasteiger partial charge in [0.1, 0.15) is 0 Å². The van der Waals surface area contributed by atoms with Crippen LogP contribution in [0, 0.1) is 5.92 Å². The smallest absolute Gasteiger partial charge is 0.233 e. The molecule has 1 rings (SSSR count). The van der Waals surface area contributed by atoms with E-state index in [1.165, 1.54) is 0 Å². The van der Waals surface area contributed by atoms with Crippen LogP contribution in [0.4, 0.5) is 5.69 Å². The van der Waals surface area contributed by atoms with Crippen molar-refractivity contribution in [3.8, 4) is 0 Å². The highest BCUT2D eigenvalue weighted by molar-refractivity contribution is 9.10. The van der Waals surface area contributed by atoms with Gasteiger partial charge in [0.25, 0.3) is 0 Å². The van der Waals surface area contributed by atoms with E-state index in [9.17, 15) is 8.42 Å². The Morgan fingerprint density at radius 1 is 1.44 bits per heavy atom. The van der Waals surface area contributed by atoms with Crippen LogP contribution in [0.15, 0.2) is 22.7 Å². The monoisotopic (exact) mass is 325 g/mol. The molecule has 0 aliphatic rings. The number of hydrogen-bond acceptors (Lipinski definition) is 2. The molecule has 0 saturated heterocycles. The third-order valence-corrected chi connectivity index (χ3v) is 4.21. The molecule has 3 nitrogen and oxygen atoms in total. The average Bonchev–Trinajstić information content (AvgIpc) is 2.08. The first-order valence-electron chi connectivity index (χ1n) is 4.76. The largest absolute Gasteiger partial charge is 0.282 e. The fourth-order valence-electron chi connectivity index (χ4n) is 1.22. The Balaban J connectivity index is 2.92. The molecule has 0 unspecified atom stereocenters. The SMILES string of the molecule is CC(C)CS(=O)(=O)Nc1cc(Br)ccc1Cl. The third kappa shape index (κ3) is 4.31. The molecule has 0 aromatic heterocycles. The first-order valence-corrected chi connectivity index (χ1v) is 7.58. The van der Waals surface area contributed by atoms with Crippen LogP contribution in [0.1, 0.15) is 13.8 Å². The van der Waals surface area contributed by atoms with Gasteiger partial charge in [-0.25, -0.2) is 8.42 Å². The highest BCUT2D eigenvalue weighted by atomic mass is 79.9. The normalized spacial score (nSPS) is 11.8. The zero-order chi connectivity index (χ0) is 12.3. The van der Waals surface area contributed by atoms with Gasteiger partial charge in [-0.3, -0.25) is 4.72 Å². The molecule has 0 radical (unpaired) electrons. The van der Waals surface area contributed by atoms with Gasteiger partial charge in [-0.15, -0.1) is 0 Å². The maximum absolute atomic E-state index is 11.7. The fraction of sp³-hybridized carbons (Fsp3) is 0.400. The van der Waals surface area contributed by atoms with E-state index in [0.717, 1.165) is 4.47 Å². The highest BCUT2D eigenvalue weighted by Crippen LogP contribution is 2.26. The molecule has 0 spiro atoms. The van der Waals surface area contributed by atoms with Crippen molar-refractivity contribution < 1.29 is 8.42 Å². The first kappa shape index (κ1) is 13.8. The van der Waals surface area contributed by atoms with Crippen LogP contribution >= 0.6 is 27.5 Å². The summed E-state index contributed by atoms with van der Waals surface area (Å²) < 4.78 is 26.6. The lowest BCUT2D eigenvalue weighted by Gasteiger charge is -2.11. The number of sulfonamides is 1. The van der Waals surface area contributed by atoms with E-state index in [2.05, 4.69) is 20.7 Å². The molecular formula is C10H13BrClNO2S. The van der Waals surface area contributed by atoms with Crippen molar-refractivity contribution in [2.45, 2.75) is 13.8 Å². The molecule has 0 saturated carbocycles. The van der Waals surface area contributed by atoms with Gasteiger partial charge in [0, 0.05) is 4.47 Å². The quantitative estimate of drug-likeness (QED) is 0.920. The van der Waals surface area contributed by atoms with Gasteiger partial charge < -0.3 is 0 Å². The van der Waals surface area contributed by atoms with Crippen LogP contribution in [0.3, 0.4) is 0 Å². The van der Waals surface area contributed by atoms with E-state index in [0.29, 0.717) is 10.7 Å². The van der Waals surface area contributed by atoms with E-state index in [1.807, 2.05) is 13.8 Å². The second kappa shape index (κ2) is 5.38. The van der Waals surface area contributed by atoms with Gasteiger partial charge in [0.15, 0.2) is 0 Å². The number of halogens is 2. The van der Waals surface area contributed by atoms with Crippen LogP contribution in [0.25, 0.3) is 0 Å². The summed E-state index contributed by atoms with van der Waals surface area (Å²) in [7, 11) is -3.33. The van der Waals surface area contributed by atoms with Crippen molar-refractivity contribution in [2.24, 2.45) is 5.92 Å². The molecule has 90 valence electrons. The highest BCUT2D eigenvalue weighted by Gasteiger charge is 2.14. The Bertz CT molecular complexity index is 474. The third-order valence-electron chi connectivity index (χ3n) is 1.75. The minimum absolute atomic E-state index is 0.0726. The van der Waals surface area contributed by atoms with Crippen molar-refractivity contribution >= 4 is 43.2 Å². The molecule has 6 heteroatoms. The summed E-state index contributed by atoms with van der Waals surface area (Å²) in [6, 6.07) is 5.03. The number of benzene rings is 1. The summed E-state index contributed by atoms with van der Waals surface area (Å²) >= 11 is 9.15. The molecule has 0 aliphatic heterocycles. The molecule has 1 aromatic carbocycles. The summed E-state index contributed by atoms with van der Waals surface area (Å²) in [5.74, 6) is 0.152. The second-order valence-corrected chi connectivity index (χ2v) is 6.99. The summed E-state index contributed by atoms with van der Waals surface area (Å²) in [5.41, 5.74) is 0.400. The van der Waals surface area contributed by atoms with Gasteiger partial charge in [-0.1, -0.05) is 41.4 Å². The summed E-state index contributed by atoms with van der Waals surface area (Å²) in [5, 5.41) is 0.385. The number of hydrogen-bond donors (Lipinski definition) is 1. The average molecular weight is 327 g/mol. The van der Waals surface area contributed by atoms with Crippen LogP contribution < -0.4 is 4.72 Å². The van der Waals surface area contributed by atoms with Gasteiger partial charge in [0.2, 0.25) is 10.0 Å². The van der Waals surface area contributed by atoms with Crippen molar-refractivity contribution in [3.05, 3.63) is 27.7 Å². The number of rotatable bonds is 4. The number of anilines is 1. The molecule has 0 heterocycles. The topological polar surface area (TPSA) is 46.2 Å². The van der Waals surface area contributed by atoms with Gasteiger partial charge in [-0.2, -0.15) is 0 Å². The van der Waals surface area contributed by atoms with E-state index < -0.39 is 10.0 Å². The Morgan fingerprint density at radius 2 is 2.06 bits per heavy atom. The summed E-state index contributed by atoms with van der Waals surface area (Å²) in [6.45, 7) is 3.70. The number of nitrogens with one attached hydrogen (secondary N) is 1. The van der Waals surface area contributed by atoms with E-state index in [4.69, 9.17) is 11.6 Å². The van der Waals surface area contributed by atoms with Crippen LogP contribution in [-0.4, -0.2) is 14.2 Å². The molecular weight excluding hydrogens is 314 g/mol. The molecule has 0 amide bonds. The van der Waals surface area contributed by atoms with Crippen molar-refractivity contribution in [1.82, 2.24) is 0 Å². The van der Waals surface area contributed by atoms with E-state index >= 15 is 0 Å². The van der Waals surface area contributed by atoms with Gasteiger partial charge in [-0.05, 0) is 24.1 Å². The molecule has 0 atom stereocenters. The Morgan fingerprint density at radius 3 is 2.62 bits per heavy atom. The van der Waals surface area contributed by atoms with Crippen LogP contribution in [0.2, 0.25) is 5.02 Å². The molecule has 0 fully saturated rings. The minimum atomic E-state index is -3.33. The Kier molecular flexibility index (Phi) is 4.64. The van der Waals surface area contributed by atoms with Gasteiger partial charge >= 0.3 is 0 Å². The molecule has 0 bridgehead atoms. The Labute approximate surface area is 109 Å². The molecule has 1 aromatic rings. The lowest BCUT2D eigenvalue weighted by molar-refractivity contribution is 0.587. The molecule has 16 heavy (non-hydrogen) atoms. The van der Waals surface area contributed by atoms with Crippen LogP contribution in [-0.2, 0) is 10.0 Å². The maximum atomic E-state index is 11.7. The fourth-order valence-corrected chi connectivity index (χ4v) is 3.27. The predicted octanol–water partition coefficient (Wildman–Crippen LogP) is 3.50.